The number of hydrogen-bond acceptors (Lipinski definition) is 4. The fourth-order valence-electron chi connectivity index (χ4n) is 23.6. The van der Waals surface area contributed by atoms with Crippen molar-refractivity contribution in [2.45, 2.75) is 10.8 Å². The Labute approximate surface area is 848 Å². The third kappa shape index (κ3) is 14.8. The SMILES string of the molecule is c1ccc(C2(c3ccccc3)c3ccccc3-c3c(-c4cccc(N(c5ccc(-c6ccc(-c7ccc8ccccc8c7)cc6)cc5)c5cccc(-c6ccc7c(c6)oc6ccccc67)c5)c4)cccc32)cc1.c1ccc(C2(c3ccccc3)c3ccccc3-c3c(-c4cccc(N(c5ccc(-c6ccc(-c7cccc8ccccc78)cc6)cc5)c5cccc(-c6ccc7c(c6)oc6ccccc67)c5)c4)cccc32)cc1. The van der Waals surface area contributed by atoms with Crippen LogP contribution in [0.1, 0.15) is 44.5 Å². The molecule has 26 aromatic rings. The number of fused-ring (bicyclic) bond motifs is 14. The molecule has 4 heteroatoms. The number of nitrogens with zero attached hydrogens (tertiary/aromatic N) is 2. The van der Waals surface area contributed by atoms with Gasteiger partial charge in [-0.3, -0.25) is 0 Å². The summed E-state index contributed by atoms with van der Waals surface area (Å²) < 4.78 is 12.8. The van der Waals surface area contributed by atoms with Crippen molar-refractivity contribution in [3.63, 3.8) is 0 Å². The van der Waals surface area contributed by atoms with Crippen LogP contribution in [-0.4, -0.2) is 0 Å². The Morgan fingerprint density at radius 3 is 0.863 bits per heavy atom. The molecule has 2 aromatic heterocycles. The van der Waals surface area contributed by atoms with Crippen LogP contribution in [0.5, 0.6) is 0 Å². The molecule has 0 fully saturated rings. The second-order valence-corrected chi connectivity index (χ2v) is 38.3. The number of anilines is 6. The number of benzene rings is 24. The van der Waals surface area contributed by atoms with Crippen molar-refractivity contribution >= 4 is 99.5 Å². The molecule has 0 bridgehead atoms. The Morgan fingerprint density at radius 2 is 0.418 bits per heavy atom. The first kappa shape index (κ1) is 86.1. The highest BCUT2D eigenvalue weighted by molar-refractivity contribution is 6.09. The Balaban J connectivity index is 0.000000145. The summed E-state index contributed by atoms with van der Waals surface area (Å²) in [6.07, 6.45) is 0. The van der Waals surface area contributed by atoms with Gasteiger partial charge in [-0.05, 0) is 293 Å². The van der Waals surface area contributed by atoms with Crippen molar-refractivity contribution in [1.82, 2.24) is 0 Å². The third-order valence-corrected chi connectivity index (χ3v) is 30.3. The lowest BCUT2D eigenvalue weighted by molar-refractivity contribution is 0.668. The molecule has 0 atom stereocenters. The summed E-state index contributed by atoms with van der Waals surface area (Å²) in [6.45, 7) is 0. The average Bonchev–Trinajstić information content (AvgIpc) is 1.53. The van der Waals surface area contributed by atoms with Gasteiger partial charge in [0.05, 0.1) is 10.8 Å². The minimum atomic E-state index is -0.488. The maximum absolute atomic E-state index is 6.39. The van der Waals surface area contributed by atoms with Crippen LogP contribution >= 0.6 is 0 Å². The zero-order valence-electron chi connectivity index (χ0n) is 80.0. The minimum Gasteiger partial charge on any atom is -0.456 e. The minimum absolute atomic E-state index is 0.488. The van der Waals surface area contributed by atoms with Crippen molar-refractivity contribution < 1.29 is 8.83 Å². The van der Waals surface area contributed by atoms with Crippen LogP contribution in [0.15, 0.2) is 579 Å². The Kier molecular flexibility index (Phi) is 21.4. The summed E-state index contributed by atoms with van der Waals surface area (Å²) in [5.41, 5.74) is 42.9. The van der Waals surface area contributed by atoms with Gasteiger partial charge in [-0.25, -0.2) is 0 Å². The first-order valence-electron chi connectivity index (χ1n) is 50.3. The molecule has 0 N–H and O–H groups in total. The largest absolute Gasteiger partial charge is 0.456 e. The quantitative estimate of drug-likeness (QED) is 0.0857. The molecule has 28 rings (SSSR count). The predicted molar refractivity (Wildman–Crippen MR) is 610 cm³/mol. The zero-order valence-corrected chi connectivity index (χ0v) is 80.0. The highest BCUT2D eigenvalue weighted by Crippen LogP contribution is 2.61. The number of para-hydroxylation sites is 2. The molecule has 0 saturated heterocycles. The van der Waals surface area contributed by atoms with E-state index >= 15 is 0 Å². The van der Waals surface area contributed by atoms with Gasteiger partial charge in [-0.2, -0.15) is 0 Å². The number of rotatable bonds is 18. The summed E-state index contributed by atoms with van der Waals surface area (Å²) in [5, 5.41) is 9.52. The van der Waals surface area contributed by atoms with Gasteiger partial charge < -0.3 is 18.6 Å². The fraction of sp³-hybridized carbons (Fsp3) is 0.0141. The molecule has 146 heavy (non-hydrogen) atoms. The van der Waals surface area contributed by atoms with Crippen LogP contribution in [0, 0.1) is 0 Å². The van der Waals surface area contributed by atoms with Crippen LogP contribution in [0.2, 0.25) is 0 Å². The molecule has 0 saturated carbocycles. The lowest BCUT2D eigenvalue weighted by atomic mass is 9.67. The molecule has 2 aliphatic carbocycles. The summed E-state index contributed by atoms with van der Waals surface area (Å²) in [5.74, 6) is 0. The molecule has 0 spiro atoms. The second-order valence-electron chi connectivity index (χ2n) is 38.3. The molecule has 684 valence electrons. The molecule has 2 heterocycles. The normalized spacial score (nSPS) is 12.5. The first-order valence-corrected chi connectivity index (χ1v) is 50.3. The van der Waals surface area contributed by atoms with Crippen LogP contribution in [0.25, 0.3) is 177 Å². The maximum atomic E-state index is 6.39. The lowest BCUT2D eigenvalue weighted by Crippen LogP contribution is -2.28. The van der Waals surface area contributed by atoms with Crippen molar-refractivity contribution in [3.05, 3.63) is 615 Å². The van der Waals surface area contributed by atoms with Gasteiger partial charge in [0.25, 0.3) is 0 Å². The third-order valence-electron chi connectivity index (χ3n) is 30.3. The van der Waals surface area contributed by atoms with Crippen LogP contribution in [0.4, 0.5) is 34.1 Å². The van der Waals surface area contributed by atoms with E-state index in [0.717, 1.165) is 123 Å². The molecule has 4 nitrogen and oxygen atoms in total. The molecular weight excluding hydrogens is 1770 g/mol. The molecule has 0 radical (unpaired) electrons. The van der Waals surface area contributed by atoms with Crippen LogP contribution < -0.4 is 9.80 Å². The van der Waals surface area contributed by atoms with Crippen molar-refractivity contribution in [1.29, 1.82) is 0 Å². The van der Waals surface area contributed by atoms with Crippen LogP contribution in [-0.2, 0) is 10.8 Å². The van der Waals surface area contributed by atoms with Crippen molar-refractivity contribution in [3.8, 4) is 111 Å². The standard InChI is InChI=1S/2C71H47NO/c1-3-21-55(22-4-1)71(56-23-5-2-6-24-56)66-32-11-9-29-65(66)70-62(31-16-33-67(70)71)54-20-14-26-59(46-54)72(58-25-13-19-52(45-58)53-41-44-64-63-28-10-12-34-68(63)73-69(64)47-53)57-42-39-49(40-43-57)48-35-37-51(38-36-48)61-30-15-18-50-17-7-8-27-60(50)61;1-3-20-57(21-4-1)71(58-22-5-2-6-23-58)66-29-11-9-27-65(66)70-62(28-15-30-67(70)71)56-19-14-25-61(46-56)72(60-24-13-18-53(45-60)55-40-43-64-63-26-10-12-31-68(63)73-69(64)47-55)59-41-38-50(39-42-59)49-32-34-51(35-33-49)54-37-36-48-16-7-8-17-52(48)44-54/h2*1-47H. The van der Waals surface area contributed by atoms with E-state index in [1.54, 1.807) is 0 Å². The molecule has 0 amide bonds. The molecule has 24 aromatic carbocycles. The van der Waals surface area contributed by atoms with Crippen LogP contribution in [0.3, 0.4) is 0 Å². The number of furan rings is 2. The Hall–Kier alpha value is -19.0. The van der Waals surface area contributed by atoms with Crippen molar-refractivity contribution in [2.24, 2.45) is 0 Å². The van der Waals surface area contributed by atoms with Crippen molar-refractivity contribution in [2.75, 3.05) is 9.80 Å². The van der Waals surface area contributed by atoms with Gasteiger partial charge >= 0.3 is 0 Å². The summed E-state index contributed by atoms with van der Waals surface area (Å²) >= 11 is 0. The highest BCUT2D eigenvalue weighted by Gasteiger charge is 2.49. The molecule has 0 unspecified atom stereocenters. The van der Waals surface area contributed by atoms with Gasteiger partial charge in [0.15, 0.2) is 0 Å². The highest BCUT2D eigenvalue weighted by atomic mass is 16.3. The summed E-state index contributed by atoms with van der Waals surface area (Å²) in [7, 11) is 0. The smallest absolute Gasteiger partial charge is 0.136 e. The average molecular weight is 1860 g/mol. The van der Waals surface area contributed by atoms with E-state index in [2.05, 4.69) is 556 Å². The summed E-state index contributed by atoms with van der Waals surface area (Å²) in [4.78, 5) is 4.80. The lowest BCUT2D eigenvalue weighted by Gasteiger charge is -2.34. The molecule has 0 aliphatic heterocycles. The first-order chi connectivity index (χ1) is 72.4. The van der Waals surface area contributed by atoms with E-state index < -0.39 is 10.8 Å². The molecule has 2 aliphatic rings. The second kappa shape index (κ2) is 36.3. The van der Waals surface area contributed by atoms with E-state index in [4.69, 9.17) is 8.83 Å². The van der Waals surface area contributed by atoms with E-state index in [1.807, 2.05) is 24.3 Å². The van der Waals surface area contributed by atoms with Gasteiger partial charge in [0.2, 0.25) is 0 Å². The summed E-state index contributed by atoms with van der Waals surface area (Å²) in [6, 6.07) is 208. The number of hydrogen-bond donors (Lipinski definition) is 0. The predicted octanol–water partition coefficient (Wildman–Crippen LogP) is 38.5. The Bertz CT molecular complexity index is 9380. The van der Waals surface area contributed by atoms with E-state index in [1.165, 1.54) is 133 Å². The van der Waals surface area contributed by atoms with Gasteiger partial charge in [0.1, 0.15) is 22.3 Å². The van der Waals surface area contributed by atoms with E-state index in [0.29, 0.717) is 0 Å². The Morgan fingerprint density at radius 1 is 0.137 bits per heavy atom. The monoisotopic (exact) mass is 1860 g/mol. The van der Waals surface area contributed by atoms with Gasteiger partial charge in [0, 0.05) is 55.7 Å². The van der Waals surface area contributed by atoms with Gasteiger partial charge in [-0.15, -0.1) is 0 Å². The van der Waals surface area contributed by atoms with E-state index in [-0.39, 0.29) is 0 Å². The maximum Gasteiger partial charge on any atom is 0.136 e. The zero-order chi connectivity index (χ0) is 96.6. The van der Waals surface area contributed by atoms with Gasteiger partial charge in [-0.1, -0.05) is 455 Å². The fourth-order valence-corrected chi connectivity index (χ4v) is 23.6. The topological polar surface area (TPSA) is 32.8 Å². The molecular formula is C142H94N2O2. The van der Waals surface area contributed by atoms with E-state index in [9.17, 15) is 0 Å².